The Hall–Kier alpha value is -4.28. The van der Waals surface area contributed by atoms with Crippen molar-refractivity contribution in [3.05, 3.63) is 118 Å². The molecule has 0 saturated carbocycles. The lowest BCUT2D eigenvalue weighted by Gasteiger charge is -2.23. The van der Waals surface area contributed by atoms with Gasteiger partial charge < -0.3 is 10.6 Å². The molecule has 0 spiro atoms. The van der Waals surface area contributed by atoms with Gasteiger partial charge in [0.05, 0.1) is 15.5 Å². The first-order valence-corrected chi connectivity index (χ1v) is 21.2. The lowest BCUT2D eigenvalue weighted by molar-refractivity contribution is -0.118. The second kappa shape index (κ2) is 17.2. The third-order valence-electron chi connectivity index (χ3n) is 8.83. The van der Waals surface area contributed by atoms with Gasteiger partial charge in [0.15, 0.2) is 36.4 Å². The predicted octanol–water partition coefficient (Wildman–Crippen LogP) is 9.37. The molecule has 292 valence electrons. The molecule has 2 aromatic heterocycles. The second-order valence-corrected chi connectivity index (χ2v) is 20.0. The minimum absolute atomic E-state index is 0.0383. The highest BCUT2D eigenvalue weighted by atomic mass is 35.5. The summed E-state index contributed by atoms with van der Waals surface area (Å²) >= 11 is 12.6. The second-order valence-electron chi connectivity index (χ2n) is 13.3. The van der Waals surface area contributed by atoms with Crippen molar-refractivity contribution in [2.75, 3.05) is 10.6 Å². The van der Waals surface area contributed by atoms with Gasteiger partial charge in [0, 0.05) is 27.2 Å². The first kappa shape index (κ1) is 43.4. The van der Waals surface area contributed by atoms with Gasteiger partial charge in [-0.25, -0.2) is 35.6 Å². The number of aromatic nitrogens is 2. The molecule has 55 heavy (non-hydrogen) atoms. The Balaban J connectivity index is 0.000000246. The number of hydrogen-bond acceptors (Lipinski definition) is 9. The predicted molar refractivity (Wildman–Crippen MR) is 213 cm³/mol. The van der Waals surface area contributed by atoms with E-state index in [1.54, 1.807) is 17.6 Å². The Morgan fingerprint density at radius 3 is 1.73 bits per heavy atom. The van der Waals surface area contributed by atoms with Gasteiger partial charge in [0.1, 0.15) is 15.3 Å². The molecule has 10 nitrogen and oxygen atoms in total. The van der Waals surface area contributed by atoms with Crippen LogP contribution in [0.1, 0.15) is 59.4 Å². The molecule has 2 N–H and O–H groups in total. The molecule has 2 amide bonds. The fourth-order valence-electron chi connectivity index (χ4n) is 4.70. The topological polar surface area (TPSA) is 152 Å². The van der Waals surface area contributed by atoms with Crippen LogP contribution < -0.4 is 10.6 Å². The van der Waals surface area contributed by atoms with Crippen LogP contribution >= 0.6 is 34.5 Å². The van der Waals surface area contributed by atoms with Crippen LogP contribution in [-0.2, 0) is 29.3 Å². The number of carbonyl (C=O) groups excluding carboxylic acids is 2. The zero-order valence-corrected chi connectivity index (χ0v) is 34.5. The summed E-state index contributed by atoms with van der Waals surface area (Å²) in [6.07, 6.45) is 2.68. The molecule has 2 heterocycles. The zero-order valence-electron chi connectivity index (χ0n) is 30.5. The van der Waals surface area contributed by atoms with E-state index in [2.05, 4.69) is 34.4 Å². The molecule has 0 aliphatic carbocycles. The van der Waals surface area contributed by atoms with Crippen molar-refractivity contribution in [1.29, 1.82) is 0 Å². The molecular formula is C38H38Cl2F2N4O6S3. The lowest BCUT2D eigenvalue weighted by Crippen LogP contribution is -2.44. The third kappa shape index (κ3) is 9.76. The summed E-state index contributed by atoms with van der Waals surface area (Å²) in [5.74, 6) is -2.73. The minimum atomic E-state index is -4.02. The van der Waals surface area contributed by atoms with E-state index in [1.807, 2.05) is 6.07 Å². The number of carbonyl (C=O) groups is 2. The molecule has 0 fully saturated rings. The van der Waals surface area contributed by atoms with Crippen LogP contribution in [0.5, 0.6) is 0 Å². The van der Waals surface area contributed by atoms with Gasteiger partial charge in [0.25, 0.3) is 0 Å². The average Bonchev–Trinajstić information content (AvgIpc) is 3.61. The number of hydrogen-bond donors (Lipinski definition) is 2. The van der Waals surface area contributed by atoms with Crippen LogP contribution in [0.25, 0.3) is 11.3 Å². The average molecular weight is 852 g/mol. The number of amides is 2. The van der Waals surface area contributed by atoms with Crippen molar-refractivity contribution >= 4 is 77.0 Å². The Morgan fingerprint density at radius 2 is 1.27 bits per heavy atom. The van der Waals surface area contributed by atoms with E-state index in [9.17, 15) is 35.2 Å². The van der Waals surface area contributed by atoms with E-state index < -0.39 is 52.6 Å². The summed E-state index contributed by atoms with van der Waals surface area (Å²) in [4.78, 5) is 33.7. The summed E-state index contributed by atoms with van der Waals surface area (Å²) in [7, 11) is -7.91. The van der Waals surface area contributed by atoms with E-state index in [4.69, 9.17) is 23.2 Å². The van der Waals surface area contributed by atoms with Crippen LogP contribution in [0.15, 0.2) is 100 Å². The molecule has 0 aliphatic heterocycles. The number of nitrogens with zero attached hydrogens (tertiary/aromatic N) is 2. The largest absolute Gasteiger partial charge is 0.309 e. The monoisotopic (exact) mass is 850 g/mol. The number of rotatable bonds is 11. The van der Waals surface area contributed by atoms with Crippen LogP contribution in [0.2, 0.25) is 10.0 Å². The van der Waals surface area contributed by atoms with Gasteiger partial charge in [-0.05, 0) is 118 Å². The number of anilines is 2. The molecular weight excluding hydrogens is 814 g/mol. The maximum absolute atomic E-state index is 13.4. The number of pyridine rings is 1. The quantitative estimate of drug-likeness (QED) is 0.133. The van der Waals surface area contributed by atoms with Crippen LogP contribution in [0.4, 0.5) is 19.7 Å². The van der Waals surface area contributed by atoms with Gasteiger partial charge in [-0.3, -0.25) is 9.59 Å². The number of nitrogens with one attached hydrogen (secondary N) is 2. The van der Waals surface area contributed by atoms with Crippen molar-refractivity contribution in [1.82, 2.24) is 9.97 Å². The SMILES string of the molecule is CC(C)(C(=O)Nc1nc(-c2ccc(F)c(F)c2)cs1)S(=O)(=O)c1ccc(Cl)cc1.CCC(C)c1ccc(NC(=O)C(C)(C)S(=O)(=O)c2ccc(Cl)cc2)nc1. The Kier molecular flexibility index (Phi) is 13.6. The molecule has 5 aromatic rings. The number of thiazole rings is 1. The van der Waals surface area contributed by atoms with E-state index in [0.29, 0.717) is 33.0 Å². The Morgan fingerprint density at radius 1 is 0.764 bits per heavy atom. The van der Waals surface area contributed by atoms with Crippen molar-refractivity contribution in [3.8, 4) is 11.3 Å². The van der Waals surface area contributed by atoms with Gasteiger partial charge >= 0.3 is 0 Å². The van der Waals surface area contributed by atoms with Crippen LogP contribution in [-0.4, -0.2) is 48.1 Å². The van der Waals surface area contributed by atoms with Crippen molar-refractivity contribution in [2.24, 2.45) is 0 Å². The van der Waals surface area contributed by atoms with Crippen molar-refractivity contribution < 1.29 is 35.2 Å². The van der Waals surface area contributed by atoms with E-state index in [1.165, 1.54) is 82.3 Å². The number of benzene rings is 3. The molecule has 17 heteroatoms. The molecule has 0 saturated heterocycles. The standard InChI is InChI=1S/C19H15ClF2N2O3S2.C19H23ClN2O3S/c1-19(2,29(26,27)13-6-4-12(20)5-7-13)17(25)24-18-23-16(10-28-18)11-3-8-14(21)15(22)9-11;1-5-13(2)14-6-11-17(21-12-14)22-18(23)19(3,4)26(24,25)16-9-7-15(20)8-10-16/h3-10H,1-2H3,(H,23,24,25);6-13H,5H2,1-4H3,(H,21,22,23). The zero-order chi connectivity index (χ0) is 40.9. The van der Waals surface area contributed by atoms with E-state index >= 15 is 0 Å². The van der Waals surface area contributed by atoms with E-state index in [0.717, 1.165) is 35.5 Å². The highest BCUT2D eigenvalue weighted by Gasteiger charge is 2.44. The molecule has 3 aromatic carbocycles. The van der Waals surface area contributed by atoms with Crippen LogP contribution in [0.3, 0.4) is 0 Å². The maximum Gasteiger partial charge on any atom is 0.247 e. The van der Waals surface area contributed by atoms with Gasteiger partial charge in [-0.15, -0.1) is 11.3 Å². The highest BCUT2D eigenvalue weighted by molar-refractivity contribution is 7.94. The molecule has 0 radical (unpaired) electrons. The smallest absolute Gasteiger partial charge is 0.247 e. The number of sulfone groups is 2. The third-order valence-corrected chi connectivity index (χ3v) is 14.9. The van der Waals surface area contributed by atoms with Gasteiger partial charge in [-0.2, -0.15) is 0 Å². The highest BCUT2D eigenvalue weighted by Crippen LogP contribution is 2.31. The molecule has 0 aliphatic rings. The fraction of sp³-hybridized carbons (Fsp3) is 0.263. The van der Waals surface area contributed by atoms with Gasteiger partial charge in [0.2, 0.25) is 11.8 Å². The van der Waals surface area contributed by atoms with Crippen molar-refractivity contribution in [3.63, 3.8) is 0 Å². The van der Waals surface area contributed by atoms with Gasteiger partial charge in [-0.1, -0.05) is 43.1 Å². The van der Waals surface area contributed by atoms with Crippen molar-refractivity contribution in [2.45, 2.75) is 73.2 Å². The summed E-state index contributed by atoms with van der Waals surface area (Å²) in [5, 5.41) is 7.56. The fourth-order valence-corrected chi connectivity index (χ4v) is 8.43. The summed E-state index contributed by atoms with van der Waals surface area (Å²) < 4.78 is 74.5. The molecule has 5 rings (SSSR count). The summed E-state index contributed by atoms with van der Waals surface area (Å²) in [6, 6.07) is 18.2. The summed E-state index contributed by atoms with van der Waals surface area (Å²) in [6.45, 7) is 9.51. The van der Waals surface area contributed by atoms with Crippen LogP contribution in [0, 0.1) is 11.6 Å². The first-order valence-electron chi connectivity index (χ1n) is 16.6. The van der Waals surface area contributed by atoms with E-state index in [-0.39, 0.29) is 14.9 Å². The minimum Gasteiger partial charge on any atom is -0.309 e. The normalized spacial score (nSPS) is 12.6. The maximum atomic E-state index is 13.4. The Bertz CT molecular complexity index is 2390. The Labute approximate surface area is 333 Å². The number of halogens is 4. The first-order chi connectivity index (χ1) is 25.6. The lowest BCUT2D eigenvalue weighted by atomic mass is 10.0. The molecule has 0 bridgehead atoms. The molecule has 1 unspecified atom stereocenters. The molecule has 1 atom stereocenters. The summed E-state index contributed by atoms with van der Waals surface area (Å²) in [5.41, 5.74) is 1.72.